The number of hydrogen-bond acceptors (Lipinski definition) is 8. The van der Waals surface area contributed by atoms with Crippen LogP contribution < -0.4 is 0 Å². The number of H-pyrrole nitrogens is 2. The largest absolute Gasteiger partial charge is 0.504 e. The molecule has 0 aliphatic rings. The van der Waals surface area contributed by atoms with Crippen molar-refractivity contribution < 1.29 is 10.2 Å². The molecule has 0 spiro atoms. The third kappa shape index (κ3) is 3.18. The van der Waals surface area contributed by atoms with Gasteiger partial charge in [0.05, 0.1) is 5.69 Å². The minimum Gasteiger partial charge on any atom is -0.504 e. The summed E-state index contributed by atoms with van der Waals surface area (Å²) in [5, 5.41) is 51.6. The van der Waals surface area contributed by atoms with E-state index in [1.54, 1.807) is 25.1 Å². The van der Waals surface area contributed by atoms with E-state index in [4.69, 9.17) is 0 Å². The van der Waals surface area contributed by atoms with E-state index in [-0.39, 0.29) is 23.0 Å². The molecule has 140 valence electrons. The van der Waals surface area contributed by atoms with Crippen LogP contribution in [0.2, 0.25) is 0 Å². The van der Waals surface area contributed by atoms with E-state index in [2.05, 4.69) is 40.9 Å². The number of aromatic nitrogens is 4. The molecule has 2 aromatic heterocycles. The van der Waals surface area contributed by atoms with Crippen molar-refractivity contribution in [2.45, 2.75) is 13.8 Å². The maximum Gasteiger partial charge on any atom is 0.223 e. The lowest BCUT2D eigenvalue weighted by Gasteiger charge is -2.05. The molecule has 2 aromatic carbocycles. The summed E-state index contributed by atoms with van der Waals surface area (Å²) in [6.45, 7) is 3.64. The van der Waals surface area contributed by atoms with E-state index < -0.39 is 0 Å². The first kappa shape index (κ1) is 17.3. The second kappa shape index (κ2) is 6.91. The maximum atomic E-state index is 10.2. The molecule has 0 saturated carbocycles. The molecule has 4 N–H and O–H groups in total. The molecule has 4 aromatic rings. The lowest BCUT2D eigenvalue weighted by Crippen LogP contribution is -1.77. The lowest BCUT2D eigenvalue weighted by molar-refractivity contribution is 0.406. The van der Waals surface area contributed by atoms with Gasteiger partial charge in [0.1, 0.15) is 5.69 Å². The van der Waals surface area contributed by atoms with E-state index in [1.807, 2.05) is 19.1 Å². The predicted molar refractivity (Wildman–Crippen MR) is 102 cm³/mol. The molecule has 0 radical (unpaired) electrons. The van der Waals surface area contributed by atoms with Crippen LogP contribution in [0.25, 0.3) is 10.8 Å². The number of phenols is 2. The first-order chi connectivity index (χ1) is 13.5. The standard InChI is InChI=1S/C18H16N8O2/c1-9-7-14(21-19-9)22-23-15-10(2)20-25-18(15)26-24-16-12-6-4-3-5-11(12)8-13(27)17(16)28/h3-8,27-28H,1-2H3,(H,19,21)(H,20,25). The molecule has 0 aliphatic heterocycles. The molecular formula is C18H16N8O2. The fraction of sp³-hybridized carbons (Fsp3) is 0.111. The number of azo groups is 2. The minimum atomic E-state index is -0.357. The number of nitrogens with one attached hydrogen (secondary N) is 2. The van der Waals surface area contributed by atoms with Gasteiger partial charge in [-0.2, -0.15) is 10.2 Å². The van der Waals surface area contributed by atoms with Gasteiger partial charge < -0.3 is 10.2 Å². The SMILES string of the molecule is Cc1cc(N=Nc2c(N=Nc3c(O)c(O)cc4ccccc34)n[nH]c2C)n[nH]1. The zero-order chi connectivity index (χ0) is 19.7. The van der Waals surface area contributed by atoms with Crippen molar-refractivity contribution in [3.8, 4) is 11.5 Å². The molecule has 10 heteroatoms. The summed E-state index contributed by atoms with van der Waals surface area (Å²) in [6, 6.07) is 10.4. The van der Waals surface area contributed by atoms with Gasteiger partial charge in [0.25, 0.3) is 0 Å². The van der Waals surface area contributed by atoms with E-state index >= 15 is 0 Å². The minimum absolute atomic E-state index is 0.141. The Morgan fingerprint density at radius 1 is 0.857 bits per heavy atom. The van der Waals surface area contributed by atoms with Crippen LogP contribution in [-0.4, -0.2) is 30.6 Å². The zero-order valence-corrected chi connectivity index (χ0v) is 15.0. The van der Waals surface area contributed by atoms with E-state index in [0.717, 1.165) is 11.1 Å². The number of hydrogen-bond donors (Lipinski definition) is 4. The Balaban J connectivity index is 1.73. The van der Waals surface area contributed by atoms with Crippen LogP contribution in [0, 0.1) is 13.8 Å². The fourth-order valence-electron chi connectivity index (χ4n) is 2.66. The Hall–Kier alpha value is -4.08. The molecule has 0 amide bonds. The van der Waals surface area contributed by atoms with E-state index in [0.29, 0.717) is 22.6 Å². The molecule has 0 fully saturated rings. The summed E-state index contributed by atoms with van der Waals surface area (Å²) in [7, 11) is 0. The average Bonchev–Trinajstić information content (AvgIpc) is 3.25. The number of phenolic OH excluding ortho intramolecular Hbond substituents is 2. The third-order valence-electron chi connectivity index (χ3n) is 4.06. The highest BCUT2D eigenvalue weighted by atomic mass is 16.3. The number of fused-ring (bicyclic) bond motifs is 1. The van der Waals surface area contributed by atoms with Gasteiger partial charge in [-0.05, 0) is 25.3 Å². The number of rotatable bonds is 4. The first-order valence-electron chi connectivity index (χ1n) is 8.37. The monoisotopic (exact) mass is 376 g/mol. The smallest absolute Gasteiger partial charge is 0.223 e. The second-order valence-electron chi connectivity index (χ2n) is 6.14. The molecule has 0 aliphatic carbocycles. The summed E-state index contributed by atoms with van der Waals surface area (Å²) in [5.74, 6) is -0.0116. The Labute approximate surface area is 158 Å². The maximum absolute atomic E-state index is 10.2. The number of aryl methyl sites for hydroxylation is 2. The number of aromatic hydroxyl groups is 2. The number of aromatic amines is 2. The lowest BCUT2D eigenvalue weighted by atomic mass is 10.1. The first-order valence-corrected chi connectivity index (χ1v) is 8.37. The summed E-state index contributed by atoms with van der Waals surface area (Å²) in [6.07, 6.45) is 0. The summed E-state index contributed by atoms with van der Waals surface area (Å²) < 4.78 is 0. The van der Waals surface area contributed by atoms with Crippen LogP contribution in [0.3, 0.4) is 0 Å². The predicted octanol–water partition coefficient (Wildman–Crippen LogP) is 5.14. The average molecular weight is 376 g/mol. The Morgan fingerprint density at radius 2 is 1.64 bits per heavy atom. The van der Waals surface area contributed by atoms with Crippen molar-refractivity contribution in [1.29, 1.82) is 0 Å². The highest BCUT2D eigenvalue weighted by Crippen LogP contribution is 2.43. The molecule has 4 rings (SSSR count). The van der Waals surface area contributed by atoms with Crippen LogP contribution in [0.5, 0.6) is 11.5 Å². The Morgan fingerprint density at radius 3 is 2.43 bits per heavy atom. The molecule has 28 heavy (non-hydrogen) atoms. The molecule has 2 heterocycles. The topological polar surface area (TPSA) is 147 Å². The van der Waals surface area contributed by atoms with Gasteiger partial charge in [-0.3, -0.25) is 10.2 Å². The second-order valence-corrected chi connectivity index (χ2v) is 6.14. The normalized spacial score (nSPS) is 11.9. The summed E-state index contributed by atoms with van der Waals surface area (Å²) in [4.78, 5) is 0. The number of nitrogens with zero attached hydrogens (tertiary/aromatic N) is 6. The van der Waals surface area contributed by atoms with Gasteiger partial charge in [-0.15, -0.1) is 20.5 Å². The number of benzene rings is 2. The fourth-order valence-corrected chi connectivity index (χ4v) is 2.66. The van der Waals surface area contributed by atoms with Crippen molar-refractivity contribution in [3.63, 3.8) is 0 Å². The molecule has 0 unspecified atom stereocenters. The molecule has 0 bridgehead atoms. The Bertz CT molecular complexity index is 1220. The van der Waals surface area contributed by atoms with Gasteiger partial charge in [-0.1, -0.05) is 24.3 Å². The summed E-state index contributed by atoms with van der Waals surface area (Å²) in [5.41, 5.74) is 2.05. The van der Waals surface area contributed by atoms with Crippen molar-refractivity contribution in [2.24, 2.45) is 20.5 Å². The van der Waals surface area contributed by atoms with Crippen molar-refractivity contribution in [3.05, 3.63) is 47.8 Å². The van der Waals surface area contributed by atoms with Crippen LogP contribution in [0.4, 0.5) is 23.0 Å². The van der Waals surface area contributed by atoms with Gasteiger partial charge in [0.15, 0.2) is 23.0 Å². The van der Waals surface area contributed by atoms with Gasteiger partial charge in [0.2, 0.25) is 5.82 Å². The highest BCUT2D eigenvalue weighted by molar-refractivity contribution is 5.97. The third-order valence-corrected chi connectivity index (χ3v) is 4.06. The van der Waals surface area contributed by atoms with Gasteiger partial charge in [0, 0.05) is 17.1 Å². The van der Waals surface area contributed by atoms with E-state index in [1.165, 1.54) is 6.07 Å². The molecular weight excluding hydrogens is 360 g/mol. The molecule has 0 atom stereocenters. The van der Waals surface area contributed by atoms with Crippen LogP contribution in [0.15, 0.2) is 56.9 Å². The molecule has 10 nitrogen and oxygen atoms in total. The van der Waals surface area contributed by atoms with E-state index in [9.17, 15) is 10.2 Å². The quantitative estimate of drug-likeness (QED) is 0.288. The van der Waals surface area contributed by atoms with Crippen LogP contribution in [0.1, 0.15) is 11.4 Å². The molecule has 0 saturated heterocycles. The van der Waals surface area contributed by atoms with Crippen LogP contribution >= 0.6 is 0 Å². The van der Waals surface area contributed by atoms with Gasteiger partial charge >= 0.3 is 0 Å². The van der Waals surface area contributed by atoms with Crippen molar-refractivity contribution >= 4 is 33.8 Å². The van der Waals surface area contributed by atoms with Crippen LogP contribution in [-0.2, 0) is 0 Å². The van der Waals surface area contributed by atoms with Crippen molar-refractivity contribution in [2.75, 3.05) is 0 Å². The van der Waals surface area contributed by atoms with Gasteiger partial charge in [-0.25, -0.2) is 0 Å². The van der Waals surface area contributed by atoms with Crippen molar-refractivity contribution in [1.82, 2.24) is 20.4 Å². The summed E-state index contributed by atoms with van der Waals surface area (Å²) >= 11 is 0. The Kier molecular flexibility index (Phi) is 4.28. The zero-order valence-electron chi connectivity index (χ0n) is 15.0. The highest BCUT2D eigenvalue weighted by Gasteiger charge is 2.14.